The Morgan fingerprint density at radius 2 is 1.47 bits per heavy atom. The zero-order valence-electron chi connectivity index (χ0n) is 27.8. The minimum atomic E-state index is -3.90. The van der Waals surface area contributed by atoms with Crippen LogP contribution >= 0.6 is 0 Å². The monoisotopic (exact) mass is 661 g/mol. The van der Waals surface area contributed by atoms with Gasteiger partial charge in [0.25, 0.3) is 5.91 Å². The van der Waals surface area contributed by atoms with E-state index in [1.54, 1.807) is 12.1 Å². The normalized spacial score (nSPS) is 11.6. The number of carboxylic acid groups (broad SMARTS) is 1. The molecule has 0 atom stereocenters. The third-order valence-electron chi connectivity index (χ3n) is 8.47. The lowest BCUT2D eigenvalue weighted by atomic mass is 9.89. The summed E-state index contributed by atoms with van der Waals surface area (Å²) < 4.78 is 8.34. The van der Waals surface area contributed by atoms with Crippen LogP contribution < -0.4 is 25.3 Å². The molecule has 1 amide bonds. The van der Waals surface area contributed by atoms with Gasteiger partial charge in [-0.25, -0.2) is 4.58 Å². The third-order valence-corrected chi connectivity index (χ3v) is 9.49. The highest BCUT2D eigenvalue weighted by Gasteiger charge is 2.25. The van der Waals surface area contributed by atoms with Gasteiger partial charge in [-0.15, -0.1) is 0 Å². The van der Waals surface area contributed by atoms with Gasteiger partial charge in [-0.05, 0) is 48.7 Å². The van der Waals surface area contributed by atoms with Gasteiger partial charge in [0.15, 0.2) is 0 Å². The van der Waals surface area contributed by atoms with E-state index in [0.717, 1.165) is 73.4 Å². The molecular weight excluding hydrogens is 614 g/mol. The number of carboxylic acids is 1. The maximum atomic E-state index is 13.0. The van der Waals surface area contributed by atoms with Crippen LogP contribution in [0.25, 0.3) is 33.4 Å². The van der Waals surface area contributed by atoms with E-state index in [-0.39, 0.29) is 23.1 Å². The number of aromatic carboxylic acids is 1. The molecule has 0 aromatic heterocycles. The van der Waals surface area contributed by atoms with Gasteiger partial charge in [0.1, 0.15) is 25.4 Å². The first kappa shape index (κ1) is 35.8. The molecule has 2 aliphatic rings. The number of anilines is 1. The largest absolute Gasteiger partial charge is 0.545 e. The zero-order valence-corrected chi connectivity index (χ0v) is 28.8. The van der Waals surface area contributed by atoms with Crippen molar-refractivity contribution in [3.8, 4) is 22.5 Å². The van der Waals surface area contributed by atoms with Crippen molar-refractivity contribution in [3.63, 3.8) is 0 Å². The lowest BCUT2D eigenvalue weighted by Crippen LogP contribution is -2.33. The number of hydrogen-bond donors (Lipinski definition) is 4. The maximum Gasteiger partial charge on any atom is 0.492 e. The van der Waals surface area contributed by atoms with Gasteiger partial charge >= 0.3 is 8.80 Å². The van der Waals surface area contributed by atoms with E-state index in [1.165, 1.54) is 6.07 Å². The fraction of sp³-hybridized carbons (Fsp3) is 0.417. The first-order valence-electron chi connectivity index (χ1n) is 16.3. The number of hydrogen-bond acceptors (Lipinski definition) is 8. The Hall–Kier alpha value is -4.03. The average molecular weight is 662 g/mol. The highest BCUT2D eigenvalue weighted by molar-refractivity contribution is 6.56. The number of nitrogens with zero attached hydrogens (tertiary/aromatic N) is 2. The van der Waals surface area contributed by atoms with Crippen LogP contribution in [-0.2, 0) is 0 Å². The van der Waals surface area contributed by atoms with Crippen LogP contribution in [0, 0.1) is 0 Å². The molecule has 0 spiro atoms. The second kappa shape index (κ2) is 16.2. The molecule has 0 saturated carbocycles. The zero-order chi connectivity index (χ0) is 34.1. The first-order chi connectivity index (χ1) is 22.4. The summed E-state index contributed by atoms with van der Waals surface area (Å²) in [5.41, 5.74) is 3.66. The van der Waals surface area contributed by atoms with Gasteiger partial charge < -0.3 is 38.9 Å². The van der Waals surface area contributed by atoms with Crippen LogP contribution in [0.4, 0.5) is 5.69 Å². The predicted octanol–water partition coefficient (Wildman–Crippen LogP) is 3.82. The van der Waals surface area contributed by atoms with E-state index in [9.17, 15) is 14.7 Å². The van der Waals surface area contributed by atoms with Crippen LogP contribution in [0.1, 0.15) is 78.5 Å². The summed E-state index contributed by atoms with van der Waals surface area (Å²) in [6, 6.07) is 16.5. The van der Waals surface area contributed by atoms with Crippen molar-refractivity contribution in [2.24, 2.45) is 0 Å². The molecule has 11 heteroatoms. The van der Waals surface area contributed by atoms with Crippen molar-refractivity contribution in [2.45, 2.75) is 63.8 Å². The summed E-state index contributed by atoms with van der Waals surface area (Å²) in [4.78, 5) is 54.7. The minimum Gasteiger partial charge on any atom is -0.545 e. The molecule has 10 nitrogen and oxygen atoms in total. The van der Waals surface area contributed by atoms with Crippen LogP contribution in [0.15, 0.2) is 59.0 Å². The summed E-state index contributed by atoms with van der Waals surface area (Å²) >= 11 is 0. The second-order valence-electron chi connectivity index (χ2n) is 12.6. The van der Waals surface area contributed by atoms with Crippen molar-refractivity contribution >= 4 is 37.3 Å². The Balaban J connectivity index is 1.45. The molecule has 47 heavy (non-hydrogen) atoms. The van der Waals surface area contributed by atoms with Crippen LogP contribution in [0.2, 0.25) is 6.04 Å². The Morgan fingerprint density at radius 3 is 2.09 bits per heavy atom. The summed E-state index contributed by atoms with van der Waals surface area (Å²) in [7, 11) is 3.88. The number of carbonyl (C=O) groups is 2. The number of unbranched alkanes of at least 4 members (excludes halogenated alkanes) is 8. The van der Waals surface area contributed by atoms with Crippen molar-refractivity contribution in [1.82, 2.24) is 9.89 Å². The van der Waals surface area contributed by atoms with E-state index in [2.05, 4.69) is 5.32 Å². The molecular formula is C36H47N3O7Si. The molecule has 2 aromatic rings. The highest BCUT2D eigenvalue weighted by Crippen LogP contribution is 2.42. The van der Waals surface area contributed by atoms with Crippen molar-refractivity contribution in [2.75, 3.05) is 39.6 Å². The van der Waals surface area contributed by atoms with E-state index >= 15 is 0 Å². The van der Waals surface area contributed by atoms with Gasteiger partial charge in [0.2, 0.25) is 5.36 Å². The fourth-order valence-electron chi connectivity index (χ4n) is 5.82. The standard InChI is InChI=1S/C36H47N3O7Si/c1-38(2)26-15-18-29-32(23-26)46-33-24-27(39(3)4)16-19-30(33)34(29)28-17-14-25(22-31(28)36(41)42)35(40)37-20-12-10-8-6-5-7-9-11-13-21-47(43,44)45/h14-19,22-24,43-45H,5-13,20-21H2,1-4H3,(H-,37,40,41,42). The topological polar surface area (TPSA) is 149 Å². The van der Waals surface area contributed by atoms with Crippen LogP contribution in [0.5, 0.6) is 0 Å². The second-order valence-corrected chi connectivity index (χ2v) is 14.7. The molecule has 4 rings (SSSR count). The number of amides is 1. The van der Waals surface area contributed by atoms with Gasteiger partial charge in [-0.1, -0.05) is 51.0 Å². The van der Waals surface area contributed by atoms with E-state index < -0.39 is 14.8 Å². The van der Waals surface area contributed by atoms with E-state index in [4.69, 9.17) is 18.8 Å². The van der Waals surface area contributed by atoms with Gasteiger partial charge in [-0.3, -0.25) is 4.79 Å². The van der Waals surface area contributed by atoms with Crippen molar-refractivity contribution in [3.05, 3.63) is 71.1 Å². The van der Waals surface area contributed by atoms with E-state index in [1.807, 2.05) is 74.1 Å². The Kier molecular flexibility index (Phi) is 12.3. The molecule has 2 aromatic carbocycles. The van der Waals surface area contributed by atoms with Gasteiger partial charge in [0.05, 0.1) is 12.0 Å². The Bertz CT molecular complexity index is 1740. The summed E-state index contributed by atoms with van der Waals surface area (Å²) in [5, 5.41) is 17.1. The number of nitrogens with one attached hydrogen (secondary N) is 1. The van der Waals surface area contributed by atoms with Crippen molar-refractivity contribution in [1.29, 1.82) is 0 Å². The Morgan fingerprint density at radius 1 is 0.830 bits per heavy atom. The average Bonchev–Trinajstić information content (AvgIpc) is 3.02. The highest BCUT2D eigenvalue weighted by atomic mass is 28.4. The van der Waals surface area contributed by atoms with Gasteiger partial charge in [-0.2, -0.15) is 0 Å². The van der Waals surface area contributed by atoms with Crippen LogP contribution in [-0.4, -0.2) is 69.8 Å². The van der Waals surface area contributed by atoms with E-state index in [0.29, 0.717) is 35.4 Å². The first-order valence-corrected chi connectivity index (χ1v) is 18.4. The smallest absolute Gasteiger partial charge is 0.492 e. The quantitative estimate of drug-likeness (QED) is 0.0613. The molecule has 0 saturated heterocycles. The predicted molar refractivity (Wildman–Crippen MR) is 185 cm³/mol. The number of carbonyl (C=O) groups excluding carboxylic acids is 2. The molecule has 1 heterocycles. The Labute approximate surface area is 277 Å². The number of rotatable bonds is 16. The molecule has 0 unspecified atom stereocenters. The van der Waals surface area contributed by atoms with Gasteiger partial charge in [0, 0.05) is 72.1 Å². The lowest BCUT2D eigenvalue weighted by molar-refractivity contribution is -0.254. The van der Waals surface area contributed by atoms with Crippen LogP contribution in [0.3, 0.4) is 0 Å². The SMILES string of the molecule is CN(C)c1ccc2c(-c3ccc(C(=O)NCCCCCCCCCCC[Si](O)(O)O)cc3C(=O)[O-])c3ccc(=[N+](C)C)cc-3oc2c1. The minimum absolute atomic E-state index is 0.0645. The number of fused-ring (bicyclic) bond motifs is 2. The molecule has 0 radical (unpaired) electrons. The molecule has 252 valence electrons. The fourth-order valence-corrected chi connectivity index (χ4v) is 6.54. The molecule has 0 bridgehead atoms. The summed E-state index contributed by atoms with van der Waals surface area (Å²) in [6.07, 6.45) is 8.63. The number of benzene rings is 3. The maximum absolute atomic E-state index is 13.0. The van der Waals surface area contributed by atoms with Crippen molar-refractivity contribution < 1.29 is 33.5 Å². The lowest BCUT2D eigenvalue weighted by Gasteiger charge is -2.20. The summed E-state index contributed by atoms with van der Waals surface area (Å²) in [5.74, 6) is -1.08. The molecule has 4 N–H and O–H groups in total. The molecule has 1 aliphatic heterocycles. The molecule has 0 fully saturated rings. The molecule has 1 aliphatic carbocycles. The third kappa shape index (κ3) is 9.74. The summed E-state index contributed by atoms with van der Waals surface area (Å²) in [6.45, 7) is 0.494.